The zero-order valence-electron chi connectivity index (χ0n) is 11.4. The second-order valence-electron chi connectivity index (χ2n) is 5.12. The molecule has 0 fully saturated rings. The van der Waals surface area contributed by atoms with Gasteiger partial charge in [-0.2, -0.15) is 0 Å². The molecule has 7 heteroatoms. The van der Waals surface area contributed by atoms with Gasteiger partial charge >= 0.3 is 5.97 Å². The van der Waals surface area contributed by atoms with Crippen LogP contribution >= 0.6 is 11.5 Å². The molecular weight excluding hydrogens is 293 g/mol. The van der Waals surface area contributed by atoms with Gasteiger partial charge in [-0.3, -0.25) is 9.69 Å². The first kappa shape index (κ1) is 14.1. The van der Waals surface area contributed by atoms with Crippen LogP contribution in [0.1, 0.15) is 21.7 Å². The van der Waals surface area contributed by atoms with Crippen LogP contribution in [0.2, 0.25) is 0 Å². The van der Waals surface area contributed by atoms with E-state index in [-0.39, 0.29) is 12.2 Å². The number of aromatic nitrogens is 2. The zero-order chi connectivity index (χ0) is 15.0. The third kappa shape index (κ3) is 2.66. The van der Waals surface area contributed by atoms with Crippen molar-refractivity contribution in [2.24, 2.45) is 0 Å². The minimum Gasteiger partial charge on any atom is -0.480 e. The van der Waals surface area contributed by atoms with E-state index in [0.29, 0.717) is 18.7 Å². The summed E-state index contributed by atoms with van der Waals surface area (Å²) in [4.78, 5) is 14.3. The number of nitrogens with zero attached hydrogens (tertiary/aromatic N) is 3. The van der Waals surface area contributed by atoms with Gasteiger partial charge in [0, 0.05) is 19.5 Å². The maximum atomic E-state index is 13.8. The number of carbonyl (C=O) groups is 1. The van der Waals surface area contributed by atoms with Crippen molar-refractivity contribution in [1.82, 2.24) is 14.5 Å². The summed E-state index contributed by atoms with van der Waals surface area (Å²) in [5, 5.41) is 13.4. The molecular formula is C14H14FN3O2S. The summed E-state index contributed by atoms with van der Waals surface area (Å²) in [5.74, 6) is -1.26. The maximum Gasteiger partial charge on any atom is 0.321 e. The van der Waals surface area contributed by atoms with Gasteiger partial charge in [-0.1, -0.05) is 16.6 Å². The van der Waals surface area contributed by atoms with E-state index in [4.69, 9.17) is 0 Å². The Morgan fingerprint density at radius 1 is 1.57 bits per heavy atom. The number of hydrogen-bond acceptors (Lipinski definition) is 5. The number of rotatable bonds is 3. The molecule has 1 aliphatic rings. The largest absolute Gasteiger partial charge is 0.480 e. The molecule has 1 N–H and O–H groups in total. The number of halogens is 1. The molecule has 1 unspecified atom stereocenters. The molecule has 0 spiro atoms. The fourth-order valence-corrected chi connectivity index (χ4v) is 3.28. The van der Waals surface area contributed by atoms with Gasteiger partial charge in [0.2, 0.25) is 0 Å². The van der Waals surface area contributed by atoms with Gasteiger partial charge in [0.15, 0.2) is 0 Å². The average molecular weight is 307 g/mol. The topological polar surface area (TPSA) is 66.3 Å². The molecule has 1 aromatic carbocycles. The van der Waals surface area contributed by atoms with Gasteiger partial charge in [0.05, 0.1) is 10.6 Å². The quantitative estimate of drug-likeness (QED) is 0.939. The molecule has 0 bridgehead atoms. The Labute approximate surface area is 125 Å². The Bertz CT molecular complexity index is 689. The predicted octanol–water partition coefficient (Wildman–Crippen LogP) is 2.00. The van der Waals surface area contributed by atoms with Crippen molar-refractivity contribution in [3.05, 3.63) is 45.7 Å². The summed E-state index contributed by atoms with van der Waals surface area (Å²) in [5.41, 5.74) is 2.18. The number of hydrogen-bond donors (Lipinski definition) is 1. The van der Waals surface area contributed by atoms with Crippen LogP contribution in [0, 0.1) is 12.7 Å². The number of carboxylic acids is 1. The van der Waals surface area contributed by atoms with Crippen molar-refractivity contribution >= 4 is 17.5 Å². The van der Waals surface area contributed by atoms with Crippen LogP contribution < -0.4 is 0 Å². The van der Waals surface area contributed by atoms with Crippen LogP contribution in [0.3, 0.4) is 0 Å². The molecule has 3 rings (SSSR count). The first-order valence-electron chi connectivity index (χ1n) is 6.57. The third-order valence-electron chi connectivity index (χ3n) is 3.80. The SMILES string of the molecule is Cc1nnsc1CN1Cc2cccc(F)c2CC1C(=O)O. The number of fused-ring (bicyclic) bond motifs is 1. The van der Waals surface area contributed by atoms with E-state index in [9.17, 15) is 14.3 Å². The van der Waals surface area contributed by atoms with E-state index in [1.807, 2.05) is 17.9 Å². The summed E-state index contributed by atoms with van der Waals surface area (Å²) < 4.78 is 17.7. The molecule has 0 amide bonds. The lowest BCUT2D eigenvalue weighted by molar-refractivity contribution is -0.144. The molecule has 1 aliphatic heterocycles. The fourth-order valence-electron chi connectivity index (χ4n) is 2.62. The van der Waals surface area contributed by atoms with Gasteiger partial charge in [-0.25, -0.2) is 4.39 Å². The van der Waals surface area contributed by atoms with E-state index in [1.165, 1.54) is 17.6 Å². The van der Waals surface area contributed by atoms with E-state index in [2.05, 4.69) is 9.59 Å². The molecule has 21 heavy (non-hydrogen) atoms. The smallest absolute Gasteiger partial charge is 0.321 e. The van der Waals surface area contributed by atoms with Crippen LogP contribution in [0.15, 0.2) is 18.2 Å². The zero-order valence-corrected chi connectivity index (χ0v) is 12.2. The molecule has 0 aliphatic carbocycles. The molecule has 0 radical (unpaired) electrons. The summed E-state index contributed by atoms with van der Waals surface area (Å²) in [6.07, 6.45) is 0.183. The summed E-state index contributed by atoms with van der Waals surface area (Å²) in [7, 11) is 0. The monoisotopic (exact) mass is 307 g/mol. The second kappa shape index (κ2) is 5.50. The van der Waals surface area contributed by atoms with Gasteiger partial charge in [0.1, 0.15) is 11.9 Å². The summed E-state index contributed by atoms with van der Waals surface area (Å²) in [6, 6.07) is 4.16. The normalized spacial score (nSPS) is 18.5. The summed E-state index contributed by atoms with van der Waals surface area (Å²) >= 11 is 1.27. The van der Waals surface area contributed by atoms with Crippen molar-refractivity contribution in [1.29, 1.82) is 0 Å². The first-order chi connectivity index (χ1) is 10.1. The Kier molecular flexibility index (Phi) is 3.69. The number of aliphatic carboxylic acids is 1. The van der Waals surface area contributed by atoms with Crippen LogP contribution in [0.25, 0.3) is 0 Å². The van der Waals surface area contributed by atoms with Crippen LogP contribution in [-0.2, 0) is 24.3 Å². The highest BCUT2D eigenvalue weighted by molar-refractivity contribution is 7.05. The van der Waals surface area contributed by atoms with E-state index >= 15 is 0 Å². The molecule has 0 saturated carbocycles. The standard InChI is InChI=1S/C14H14FN3O2S/c1-8-13(21-17-16-8)7-18-6-9-3-2-4-11(15)10(9)5-12(18)14(19)20/h2-4,12H,5-7H2,1H3,(H,19,20). The fraction of sp³-hybridized carbons (Fsp3) is 0.357. The molecule has 2 aromatic rings. The molecule has 2 heterocycles. The number of benzene rings is 1. The molecule has 1 atom stereocenters. The molecule has 110 valence electrons. The van der Waals surface area contributed by atoms with Crippen molar-refractivity contribution in [3.63, 3.8) is 0 Å². The number of carboxylic acid groups (broad SMARTS) is 1. The maximum absolute atomic E-state index is 13.8. The lowest BCUT2D eigenvalue weighted by atomic mass is 9.93. The second-order valence-corrected chi connectivity index (χ2v) is 5.96. The van der Waals surface area contributed by atoms with Crippen molar-refractivity contribution in [3.8, 4) is 0 Å². The van der Waals surface area contributed by atoms with Gasteiger partial charge < -0.3 is 5.11 Å². The Balaban J connectivity index is 1.92. The van der Waals surface area contributed by atoms with Crippen LogP contribution in [-0.4, -0.2) is 31.6 Å². The van der Waals surface area contributed by atoms with E-state index in [0.717, 1.165) is 16.1 Å². The van der Waals surface area contributed by atoms with E-state index in [1.54, 1.807) is 6.07 Å². The molecule has 1 aromatic heterocycles. The minimum atomic E-state index is -0.931. The van der Waals surface area contributed by atoms with Crippen molar-refractivity contribution < 1.29 is 14.3 Å². The van der Waals surface area contributed by atoms with Gasteiger partial charge in [-0.05, 0) is 35.6 Å². The third-order valence-corrected chi connectivity index (χ3v) is 4.61. The Morgan fingerprint density at radius 3 is 3.05 bits per heavy atom. The van der Waals surface area contributed by atoms with Crippen LogP contribution in [0.5, 0.6) is 0 Å². The molecule has 0 saturated heterocycles. The lowest BCUT2D eigenvalue weighted by Gasteiger charge is -2.34. The summed E-state index contributed by atoms with van der Waals surface area (Å²) in [6.45, 7) is 2.74. The van der Waals surface area contributed by atoms with E-state index < -0.39 is 12.0 Å². The average Bonchev–Trinajstić information content (AvgIpc) is 2.84. The highest BCUT2D eigenvalue weighted by Gasteiger charge is 2.33. The van der Waals surface area contributed by atoms with Crippen molar-refractivity contribution in [2.75, 3.05) is 0 Å². The first-order valence-corrected chi connectivity index (χ1v) is 7.34. The number of aryl methyl sites for hydroxylation is 1. The van der Waals surface area contributed by atoms with Gasteiger partial charge in [-0.15, -0.1) is 5.10 Å². The Morgan fingerprint density at radius 2 is 2.38 bits per heavy atom. The van der Waals surface area contributed by atoms with Gasteiger partial charge in [0.25, 0.3) is 0 Å². The lowest BCUT2D eigenvalue weighted by Crippen LogP contribution is -2.45. The Hall–Kier alpha value is -1.86. The molecule has 5 nitrogen and oxygen atoms in total. The van der Waals surface area contributed by atoms with Crippen LogP contribution in [0.4, 0.5) is 4.39 Å². The highest BCUT2D eigenvalue weighted by Crippen LogP contribution is 2.28. The predicted molar refractivity (Wildman–Crippen MR) is 75.4 cm³/mol. The highest BCUT2D eigenvalue weighted by atomic mass is 32.1. The minimum absolute atomic E-state index is 0.183. The van der Waals surface area contributed by atoms with Crippen molar-refractivity contribution in [2.45, 2.75) is 32.5 Å².